The van der Waals surface area contributed by atoms with Gasteiger partial charge in [0.2, 0.25) is 5.91 Å². The van der Waals surface area contributed by atoms with Crippen LogP contribution in [0.2, 0.25) is 0 Å². The molecule has 0 aliphatic rings. The summed E-state index contributed by atoms with van der Waals surface area (Å²) in [5, 5.41) is 2.99. The molecule has 2 aromatic rings. The van der Waals surface area contributed by atoms with Crippen molar-refractivity contribution in [3.63, 3.8) is 0 Å². The molecule has 0 bridgehead atoms. The molecule has 20 heavy (non-hydrogen) atoms. The normalized spacial score (nSPS) is 11.9. The summed E-state index contributed by atoms with van der Waals surface area (Å²) in [6, 6.07) is 17.5. The Balaban J connectivity index is 2.18. The van der Waals surface area contributed by atoms with Crippen LogP contribution in [-0.4, -0.2) is 5.91 Å². The largest absolute Gasteiger partial charge is 0.325 e. The summed E-state index contributed by atoms with van der Waals surface area (Å²) in [5.74, 6) is 0.259. The molecule has 0 aliphatic carbocycles. The predicted molar refractivity (Wildman–Crippen MR) is 84.1 cm³/mol. The number of hydrogen-bond acceptors (Lipinski definition) is 1. The highest BCUT2D eigenvalue weighted by Gasteiger charge is 2.19. The van der Waals surface area contributed by atoms with E-state index in [9.17, 15) is 4.79 Å². The van der Waals surface area contributed by atoms with Crippen LogP contribution in [0.5, 0.6) is 0 Å². The van der Waals surface area contributed by atoms with Gasteiger partial charge < -0.3 is 5.32 Å². The van der Waals surface area contributed by atoms with Crippen LogP contribution in [0.1, 0.15) is 30.4 Å². The number of carbonyl (C=O) groups is 1. The minimum Gasteiger partial charge on any atom is -0.325 e. The summed E-state index contributed by atoms with van der Waals surface area (Å²) < 4.78 is 0. The lowest BCUT2D eigenvalue weighted by Crippen LogP contribution is -2.21. The zero-order valence-corrected chi connectivity index (χ0v) is 12.2. The Kier molecular flexibility index (Phi) is 5.19. The van der Waals surface area contributed by atoms with Crippen molar-refractivity contribution in [3.8, 4) is 0 Å². The van der Waals surface area contributed by atoms with Crippen molar-refractivity contribution >= 4 is 23.2 Å². The summed E-state index contributed by atoms with van der Waals surface area (Å²) >= 11 is 5.89. The van der Waals surface area contributed by atoms with Gasteiger partial charge in [-0.25, -0.2) is 0 Å². The summed E-state index contributed by atoms with van der Waals surface area (Å²) in [6.45, 7) is 2.02. The average Bonchev–Trinajstić information content (AvgIpc) is 2.49. The Bertz CT molecular complexity index is 568. The van der Waals surface area contributed by atoms with Gasteiger partial charge in [0.1, 0.15) is 0 Å². The highest BCUT2D eigenvalue weighted by molar-refractivity contribution is 6.17. The standard InChI is InChI=1S/C17H18ClNO/c1-2-15(13-8-4-3-5-9-13)17(20)19-16-11-7-6-10-14(16)12-18/h3-11,15H,2,12H2,1H3,(H,19,20). The number of nitrogens with one attached hydrogen (secondary N) is 1. The summed E-state index contributed by atoms with van der Waals surface area (Å²) in [4.78, 5) is 12.5. The van der Waals surface area contributed by atoms with Crippen molar-refractivity contribution in [2.24, 2.45) is 0 Å². The molecule has 0 heterocycles. The van der Waals surface area contributed by atoms with Gasteiger partial charge in [0.15, 0.2) is 0 Å². The van der Waals surface area contributed by atoms with Gasteiger partial charge in [-0.15, -0.1) is 11.6 Å². The number of alkyl halides is 1. The van der Waals surface area contributed by atoms with Crippen molar-refractivity contribution < 1.29 is 4.79 Å². The maximum atomic E-state index is 12.5. The number of carbonyl (C=O) groups excluding carboxylic acids is 1. The Hall–Kier alpha value is -1.80. The van der Waals surface area contributed by atoms with Crippen LogP contribution in [0.25, 0.3) is 0 Å². The molecule has 0 radical (unpaired) electrons. The van der Waals surface area contributed by atoms with Crippen LogP contribution >= 0.6 is 11.6 Å². The Morgan fingerprint density at radius 2 is 1.75 bits per heavy atom. The van der Waals surface area contributed by atoms with E-state index in [0.717, 1.165) is 23.2 Å². The van der Waals surface area contributed by atoms with E-state index in [-0.39, 0.29) is 11.8 Å². The fourth-order valence-electron chi connectivity index (χ4n) is 2.24. The molecule has 3 heteroatoms. The van der Waals surface area contributed by atoms with Gasteiger partial charge in [-0.1, -0.05) is 55.5 Å². The monoisotopic (exact) mass is 287 g/mol. The number of amides is 1. The number of para-hydroxylation sites is 1. The number of rotatable bonds is 5. The van der Waals surface area contributed by atoms with Crippen LogP contribution in [0.15, 0.2) is 54.6 Å². The van der Waals surface area contributed by atoms with Crippen LogP contribution in [-0.2, 0) is 10.7 Å². The molecule has 0 aliphatic heterocycles. The first kappa shape index (κ1) is 14.6. The first-order valence-electron chi connectivity index (χ1n) is 6.76. The van der Waals surface area contributed by atoms with E-state index in [0.29, 0.717) is 5.88 Å². The summed E-state index contributed by atoms with van der Waals surface area (Å²) in [7, 11) is 0. The van der Waals surface area contributed by atoms with E-state index in [1.54, 1.807) is 0 Å². The van der Waals surface area contributed by atoms with Crippen LogP contribution < -0.4 is 5.32 Å². The number of halogens is 1. The lowest BCUT2D eigenvalue weighted by molar-refractivity contribution is -0.117. The molecule has 0 aromatic heterocycles. The van der Waals surface area contributed by atoms with Crippen molar-refractivity contribution in [1.82, 2.24) is 0 Å². The van der Waals surface area contributed by atoms with Crippen molar-refractivity contribution in [2.45, 2.75) is 25.1 Å². The second-order valence-electron chi connectivity index (χ2n) is 4.65. The van der Waals surface area contributed by atoms with Crippen molar-refractivity contribution in [3.05, 3.63) is 65.7 Å². The van der Waals surface area contributed by atoms with E-state index in [2.05, 4.69) is 5.32 Å². The number of anilines is 1. The zero-order chi connectivity index (χ0) is 14.4. The Labute approximate surface area is 124 Å². The molecule has 0 saturated heterocycles. The molecule has 1 atom stereocenters. The number of benzene rings is 2. The minimum absolute atomic E-state index is 0.0104. The summed E-state index contributed by atoms with van der Waals surface area (Å²) in [6.07, 6.45) is 0.763. The molecular formula is C17H18ClNO. The third-order valence-corrected chi connectivity index (χ3v) is 3.63. The number of hydrogen-bond donors (Lipinski definition) is 1. The maximum Gasteiger partial charge on any atom is 0.231 e. The van der Waals surface area contributed by atoms with Gasteiger partial charge in [0.05, 0.1) is 5.92 Å². The van der Waals surface area contributed by atoms with Crippen LogP contribution in [0.4, 0.5) is 5.69 Å². The SMILES string of the molecule is CCC(C(=O)Nc1ccccc1CCl)c1ccccc1. The van der Waals surface area contributed by atoms with Crippen molar-refractivity contribution in [2.75, 3.05) is 5.32 Å². The maximum absolute atomic E-state index is 12.5. The predicted octanol–water partition coefficient (Wildman–Crippen LogP) is 4.56. The Morgan fingerprint density at radius 1 is 1.10 bits per heavy atom. The molecule has 2 nitrogen and oxygen atoms in total. The van der Waals surface area contributed by atoms with E-state index in [1.165, 1.54) is 0 Å². The second-order valence-corrected chi connectivity index (χ2v) is 4.92. The van der Waals surface area contributed by atoms with Gasteiger partial charge >= 0.3 is 0 Å². The molecule has 0 fully saturated rings. The van der Waals surface area contributed by atoms with Gasteiger partial charge in [-0.3, -0.25) is 4.79 Å². The van der Waals surface area contributed by atoms with E-state index in [1.807, 2.05) is 61.5 Å². The minimum atomic E-state index is -0.139. The van der Waals surface area contributed by atoms with Gasteiger partial charge in [-0.05, 0) is 23.6 Å². The highest BCUT2D eigenvalue weighted by atomic mass is 35.5. The molecule has 1 N–H and O–H groups in total. The molecule has 0 spiro atoms. The smallest absolute Gasteiger partial charge is 0.231 e. The Morgan fingerprint density at radius 3 is 2.40 bits per heavy atom. The quantitative estimate of drug-likeness (QED) is 0.803. The van der Waals surface area contributed by atoms with Crippen LogP contribution in [0.3, 0.4) is 0 Å². The third-order valence-electron chi connectivity index (χ3n) is 3.35. The third kappa shape index (κ3) is 3.40. The highest BCUT2D eigenvalue weighted by Crippen LogP contribution is 2.23. The fraction of sp³-hybridized carbons (Fsp3) is 0.235. The average molecular weight is 288 g/mol. The lowest BCUT2D eigenvalue weighted by Gasteiger charge is -2.16. The van der Waals surface area contributed by atoms with E-state index in [4.69, 9.17) is 11.6 Å². The first-order valence-corrected chi connectivity index (χ1v) is 7.29. The van der Waals surface area contributed by atoms with Gasteiger partial charge in [0, 0.05) is 11.6 Å². The van der Waals surface area contributed by atoms with Gasteiger partial charge in [-0.2, -0.15) is 0 Å². The van der Waals surface area contributed by atoms with Crippen LogP contribution in [0, 0.1) is 0 Å². The molecule has 1 unspecified atom stereocenters. The molecule has 0 saturated carbocycles. The van der Waals surface area contributed by atoms with Crippen molar-refractivity contribution in [1.29, 1.82) is 0 Å². The molecule has 2 aromatic carbocycles. The summed E-state index contributed by atoms with van der Waals surface area (Å²) in [5.41, 5.74) is 2.77. The first-order chi connectivity index (χ1) is 9.76. The zero-order valence-electron chi connectivity index (χ0n) is 11.5. The topological polar surface area (TPSA) is 29.1 Å². The van der Waals surface area contributed by atoms with E-state index >= 15 is 0 Å². The van der Waals surface area contributed by atoms with Gasteiger partial charge in [0.25, 0.3) is 0 Å². The molecule has 2 rings (SSSR count). The molecule has 1 amide bonds. The molecule has 104 valence electrons. The molecular weight excluding hydrogens is 270 g/mol. The fourth-order valence-corrected chi connectivity index (χ4v) is 2.47. The van der Waals surface area contributed by atoms with E-state index < -0.39 is 0 Å². The lowest BCUT2D eigenvalue weighted by atomic mass is 9.95. The second kappa shape index (κ2) is 7.11.